The van der Waals surface area contributed by atoms with Crippen molar-refractivity contribution >= 4 is 53.7 Å². The molecule has 3 aromatic rings. The molecule has 0 saturated heterocycles. The highest BCUT2D eigenvalue weighted by molar-refractivity contribution is 9.13. The van der Waals surface area contributed by atoms with Crippen LogP contribution in [0, 0.1) is 5.92 Å². The maximum atomic E-state index is 3.81. The second-order valence-corrected chi connectivity index (χ2v) is 7.95. The van der Waals surface area contributed by atoms with Crippen molar-refractivity contribution in [2.75, 3.05) is 0 Å². The second-order valence-electron chi connectivity index (χ2n) is 6.30. The molecule has 3 heteroatoms. The van der Waals surface area contributed by atoms with Gasteiger partial charge in [0, 0.05) is 27.3 Å². The van der Waals surface area contributed by atoms with Gasteiger partial charge in [0.1, 0.15) is 0 Å². The molecule has 1 aromatic heterocycles. The molecule has 0 spiro atoms. The van der Waals surface area contributed by atoms with E-state index in [2.05, 4.69) is 86.7 Å². The Kier molecular flexibility index (Phi) is 5.48. The molecule has 0 aliphatic carbocycles. The molecule has 0 N–H and O–H groups in total. The van der Waals surface area contributed by atoms with E-state index < -0.39 is 0 Å². The van der Waals surface area contributed by atoms with Gasteiger partial charge in [-0.3, -0.25) is 0 Å². The quantitative estimate of drug-likeness (QED) is 0.376. The van der Waals surface area contributed by atoms with Gasteiger partial charge in [0.25, 0.3) is 0 Å². The van der Waals surface area contributed by atoms with Crippen molar-refractivity contribution in [2.45, 2.75) is 46.1 Å². The summed E-state index contributed by atoms with van der Waals surface area (Å²) in [6.45, 7) is 5.69. The van der Waals surface area contributed by atoms with Crippen LogP contribution in [0.4, 0.5) is 0 Å². The molecule has 1 atom stereocenters. The van der Waals surface area contributed by atoms with Crippen LogP contribution in [0.25, 0.3) is 21.8 Å². The Hall–Kier alpha value is -0.800. The number of benzene rings is 2. The van der Waals surface area contributed by atoms with Gasteiger partial charge in [0.05, 0.1) is 9.99 Å². The number of hydrogen-bond acceptors (Lipinski definition) is 0. The van der Waals surface area contributed by atoms with Gasteiger partial charge >= 0.3 is 0 Å². The lowest BCUT2D eigenvalue weighted by Gasteiger charge is -2.18. The van der Waals surface area contributed by atoms with E-state index in [9.17, 15) is 0 Å². The van der Waals surface area contributed by atoms with E-state index in [0.29, 0.717) is 0 Å². The fourth-order valence-corrected chi connectivity index (χ4v) is 4.32. The highest BCUT2D eigenvalue weighted by Gasteiger charge is 2.17. The van der Waals surface area contributed by atoms with Crippen molar-refractivity contribution in [3.8, 4) is 0 Å². The third-order valence-corrected chi connectivity index (χ3v) is 6.80. The van der Waals surface area contributed by atoms with Crippen LogP contribution in [-0.2, 0) is 6.54 Å². The monoisotopic (exact) mass is 435 g/mol. The molecule has 23 heavy (non-hydrogen) atoms. The summed E-state index contributed by atoms with van der Waals surface area (Å²) >= 11 is 7.48. The van der Waals surface area contributed by atoms with Crippen LogP contribution in [0.3, 0.4) is 0 Å². The molecule has 0 aliphatic rings. The zero-order valence-corrected chi connectivity index (χ0v) is 17.0. The summed E-state index contributed by atoms with van der Waals surface area (Å²) in [6, 6.07) is 13.1. The highest BCUT2D eigenvalue weighted by atomic mass is 79.9. The lowest BCUT2D eigenvalue weighted by molar-refractivity contribution is 0.401. The molecule has 0 radical (unpaired) electrons. The molecule has 3 rings (SSSR count). The Morgan fingerprint density at radius 1 is 1.00 bits per heavy atom. The Balaban J connectivity index is 2.18. The molecule has 0 fully saturated rings. The fourth-order valence-electron chi connectivity index (χ4n) is 3.44. The lowest BCUT2D eigenvalue weighted by atomic mass is 9.99. The van der Waals surface area contributed by atoms with Crippen LogP contribution in [0.2, 0.25) is 0 Å². The van der Waals surface area contributed by atoms with E-state index >= 15 is 0 Å². The van der Waals surface area contributed by atoms with Crippen molar-refractivity contribution in [1.29, 1.82) is 0 Å². The SMILES string of the molecule is CCCCC(CC)Cn1c2ccccc2c2ccc(Br)c(Br)c21. The Labute approximate surface area is 155 Å². The molecular formula is C20H23Br2N. The maximum absolute atomic E-state index is 3.81. The van der Waals surface area contributed by atoms with E-state index in [4.69, 9.17) is 0 Å². The van der Waals surface area contributed by atoms with Crippen LogP contribution < -0.4 is 0 Å². The summed E-state index contributed by atoms with van der Waals surface area (Å²) in [5, 5.41) is 2.68. The molecule has 2 aromatic carbocycles. The normalized spacial score (nSPS) is 13.0. The van der Waals surface area contributed by atoms with E-state index in [1.165, 1.54) is 47.5 Å². The summed E-state index contributed by atoms with van der Waals surface area (Å²) in [5.74, 6) is 0.736. The predicted molar refractivity (Wildman–Crippen MR) is 108 cm³/mol. The van der Waals surface area contributed by atoms with Gasteiger partial charge in [-0.2, -0.15) is 0 Å². The van der Waals surface area contributed by atoms with Crippen molar-refractivity contribution < 1.29 is 0 Å². The van der Waals surface area contributed by atoms with Crippen LogP contribution >= 0.6 is 31.9 Å². The van der Waals surface area contributed by atoms with E-state index in [1.807, 2.05) is 0 Å². The number of aromatic nitrogens is 1. The summed E-state index contributed by atoms with van der Waals surface area (Å²) in [6.07, 6.45) is 5.14. The maximum Gasteiger partial charge on any atom is 0.0647 e. The Morgan fingerprint density at radius 3 is 2.52 bits per heavy atom. The van der Waals surface area contributed by atoms with E-state index in [1.54, 1.807) is 0 Å². The minimum Gasteiger partial charge on any atom is -0.339 e. The van der Waals surface area contributed by atoms with Crippen LogP contribution in [0.1, 0.15) is 39.5 Å². The highest BCUT2D eigenvalue weighted by Crippen LogP contribution is 2.38. The first-order valence-electron chi connectivity index (χ1n) is 8.52. The number of halogens is 2. The van der Waals surface area contributed by atoms with Gasteiger partial charge < -0.3 is 4.57 Å². The van der Waals surface area contributed by atoms with E-state index in [0.717, 1.165) is 21.4 Å². The van der Waals surface area contributed by atoms with Crippen molar-refractivity contribution in [2.24, 2.45) is 5.92 Å². The fraction of sp³-hybridized carbons (Fsp3) is 0.400. The van der Waals surface area contributed by atoms with Gasteiger partial charge in [-0.05, 0) is 56.3 Å². The summed E-state index contributed by atoms with van der Waals surface area (Å²) in [7, 11) is 0. The minimum absolute atomic E-state index is 0.736. The number of hydrogen-bond donors (Lipinski definition) is 0. The van der Waals surface area contributed by atoms with Gasteiger partial charge in [-0.25, -0.2) is 0 Å². The first kappa shape index (κ1) is 17.0. The Morgan fingerprint density at radius 2 is 1.78 bits per heavy atom. The third-order valence-electron chi connectivity index (χ3n) is 4.81. The molecule has 0 bridgehead atoms. The molecule has 1 nitrogen and oxygen atoms in total. The van der Waals surface area contributed by atoms with Gasteiger partial charge in [-0.15, -0.1) is 0 Å². The zero-order valence-electron chi connectivity index (χ0n) is 13.8. The molecule has 0 saturated carbocycles. The van der Waals surface area contributed by atoms with E-state index in [-0.39, 0.29) is 0 Å². The molecule has 0 aliphatic heterocycles. The summed E-state index contributed by atoms with van der Waals surface area (Å²) in [5.41, 5.74) is 2.66. The van der Waals surface area contributed by atoms with Crippen molar-refractivity contribution in [1.82, 2.24) is 4.57 Å². The smallest absolute Gasteiger partial charge is 0.0647 e. The van der Waals surface area contributed by atoms with Gasteiger partial charge in [-0.1, -0.05) is 57.4 Å². The zero-order chi connectivity index (χ0) is 16.4. The summed E-state index contributed by atoms with van der Waals surface area (Å²) < 4.78 is 4.80. The Bertz CT molecular complexity index is 819. The number of unbranched alkanes of at least 4 members (excludes halogenated alkanes) is 1. The van der Waals surface area contributed by atoms with Gasteiger partial charge in [0.2, 0.25) is 0 Å². The molecular weight excluding hydrogens is 414 g/mol. The largest absolute Gasteiger partial charge is 0.339 e. The number of para-hydroxylation sites is 1. The average Bonchev–Trinajstić information content (AvgIpc) is 2.89. The van der Waals surface area contributed by atoms with Crippen molar-refractivity contribution in [3.63, 3.8) is 0 Å². The number of fused-ring (bicyclic) bond motifs is 3. The van der Waals surface area contributed by atoms with Gasteiger partial charge in [0.15, 0.2) is 0 Å². The van der Waals surface area contributed by atoms with Crippen LogP contribution in [-0.4, -0.2) is 4.57 Å². The van der Waals surface area contributed by atoms with Crippen LogP contribution in [0.5, 0.6) is 0 Å². The van der Waals surface area contributed by atoms with Crippen molar-refractivity contribution in [3.05, 3.63) is 45.3 Å². The molecule has 122 valence electrons. The third kappa shape index (κ3) is 3.23. The second kappa shape index (κ2) is 7.40. The molecule has 0 amide bonds. The standard InChI is InChI=1S/C20H23Br2N/c1-3-5-8-14(4-2)13-23-18-10-7-6-9-15(18)16-11-12-17(21)19(22)20(16)23/h6-7,9-12,14H,3-5,8,13H2,1-2H3. The predicted octanol–water partition coefficient (Wildman–Crippen LogP) is 7.54. The number of rotatable bonds is 6. The lowest BCUT2D eigenvalue weighted by Crippen LogP contribution is -2.10. The first-order valence-corrected chi connectivity index (χ1v) is 10.1. The first-order chi connectivity index (χ1) is 11.2. The summed E-state index contributed by atoms with van der Waals surface area (Å²) in [4.78, 5) is 0. The number of nitrogens with zero attached hydrogens (tertiary/aromatic N) is 1. The molecule has 1 unspecified atom stereocenters. The van der Waals surface area contributed by atoms with Crippen LogP contribution in [0.15, 0.2) is 45.3 Å². The minimum atomic E-state index is 0.736. The topological polar surface area (TPSA) is 4.93 Å². The molecule has 1 heterocycles. The average molecular weight is 437 g/mol.